The van der Waals surface area contributed by atoms with Gasteiger partial charge in [-0.15, -0.1) is 11.3 Å². The molecule has 2 aromatic heterocycles. The molecule has 7 heteroatoms. The highest BCUT2D eigenvalue weighted by atomic mass is 32.1. The van der Waals surface area contributed by atoms with E-state index >= 15 is 0 Å². The molecule has 3 rings (SSSR count). The van der Waals surface area contributed by atoms with Crippen LogP contribution in [0.5, 0.6) is 0 Å². The van der Waals surface area contributed by atoms with E-state index < -0.39 is 5.91 Å². The second-order valence-corrected chi connectivity index (χ2v) is 6.84. The van der Waals surface area contributed by atoms with Crippen molar-refractivity contribution < 1.29 is 9.59 Å². The summed E-state index contributed by atoms with van der Waals surface area (Å²) in [4.78, 5) is 26.5. The largest absolute Gasteiger partial charge is 0.366 e. The fourth-order valence-corrected chi connectivity index (χ4v) is 4.15. The average Bonchev–Trinajstić information content (AvgIpc) is 3.19. The topological polar surface area (TPSA) is 81.2 Å². The SMILES string of the molecule is Cc1nn(C)c(C)c1C1CCCN1C(=O)c1cc(C(N)=O)cs1. The monoisotopic (exact) mass is 332 g/mol. The maximum atomic E-state index is 12.9. The molecule has 6 nitrogen and oxygen atoms in total. The van der Waals surface area contributed by atoms with Gasteiger partial charge in [0.25, 0.3) is 5.91 Å². The Morgan fingerprint density at radius 3 is 2.70 bits per heavy atom. The predicted octanol–water partition coefficient (Wildman–Crippen LogP) is 2.17. The second-order valence-electron chi connectivity index (χ2n) is 5.93. The van der Waals surface area contributed by atoms with Crippen molar-refractivity contribution in [2.45, 2.75) is 32.7 Å². The third-order valence-electron chi connectivity index (χ3n) is 4.51. The van der Waals surface area contributed by atoms with Crippen LogP contribution < -0.4 is 5.73 Å². The highest BCUT2D eigenvalue weighted by Gasteiger charge is 2.34. The zero-order chi connectivity index (χ0) is 16.7. The molecule has 0 saturated carbocycles. The summed E-state index contributed by atoms with van der Waals surface area (Å²) in [6.07, 6.45) is 1.91. The first kappa shape index (κ1) is 15.7. The van der Waals surface area contributed by atoms with Crippen molar-refractivity contribution in [2.24, 2.45) is 12.8 Å². The molecule has 0 aliphatic carbocycles. The van der Waals surface area contributed by atoms with Gasteiger partial charge in [-0.1, -0.05) is 0 Å². The smallest absolute Gasteiger partial charge is 0.264 e. The molecule has 1 atom stereocenters. The van der Waals surface area contributed by atoms with Crippen LogP contribution in [-0.2, 0) is 7.05 Å². The lowest BCUT2D eigenvalue weighted by Gasteiger charge is -2.25. The van der Waals surface area contributed by atoms with Gasteiger partial charge in [0.05, 0.1) is 22.2 Å². The molecule has 0 bridgehead atoms. The molecule has 2 amide bonds. The van der Waals surface area contributed by atoms with Gasteiger partial charge in [-0.25, -0.2) is 0 Å². The Balaban J connectivity index is 1.91. The molecule has 1 unspecified atom stereocenters. The summed E-state index contributed by atoms with van der Waals surface area (Å²) in [6.45, 7) is 4.74. The maximum absolute atomic E-state index is 12.9. The molecule has 3 heterocycles. The van der Waals surface area contributed by atoms with Crippen LogP contribution in [0.3, 0.4) is 0 Å². The van der Waals surface area contributed by atoms with E-state index in [-0.39, 0.29) is 11.9 Å². The first-order chi connectivity index (χ1) is 10.9. The number of thiophene rings is 1. The van der Waals surface area contributed by atoms with Crippen molar-refractivity contribution in [3.63, 3.8) is 0 Å². The number of nitrogens with zero attached hydrogens (tertiary/aromatic N) is 3. The van der Waals surface area contributed by atoms with Gasteiger partial charge < -0.3 is 10.6 Å². The van der Waals surface area contributed by atoms with E-state index in [1.54, 1.807) is 11.4 Å². The molecule has 2 aromatic rings. The van der Waals surface area contributed by atoms with Crippen LogP contribution >= 0.6 is 11.3 Å². The molecule has 0 radical (unpaired) electrons. The van der Waals surface area contributed by atoms with Gasteiger partial charge >= 0.3 is 0 Å². The normalized spacial score (nSPS) is 17.7. The Hall–Kier alpha value is -2.15. The summed E-state index contributed by atoms with van der Waals surface area (Å²) in [5.74, 6) is -0.537. The number of carbonyl (C=O) groups excluding carboxylic acids is 2. The van der Waals surface area contributed by atoms with Gasteiger partial charge in [0.15, 0.2) is 0 Å². The highest BCUT2D eigenvalue weighted by molar-refractivity contribution is 7.12. The third kappa shape index (κ3) is 2.65. The molecular weight excluding hydrogens is 312 g/mol. The molecule has 0 aromatic carbocycles. The van der Waals surface area contributed by atoms with E-state index in [1.807, 2.05) is 30.5 Å². The van der Waals surface area contributed by atoms with Gasteiger partial charge in [-0.2, -0.15) is 5.10 Å². The first-order valence-electron chi connectivity index (χ1n) is 7.59. The summed E-state index contributed by atoms with van der Waals surface area (Å²) in [5, 5.41) is 6.11. The van der Waals surface area contributed by atoms with E-state index in [0.29, 0.717) is 10.4 Å². The third-order valence-corrected chi connectivity index (χ3v) is 5.42. The van der Waals surface area contributed by atoms with E-state index in [1.165, 1.54) is 11.3 Å². The summed E-state index contributed by atoms with van der Waals surface area (Å²) in [7, 11) is 1.92. The number of nitrogens with two attached hydrogens (primary N) is 1. The molecule has 23 heavy (non-hydrogen) atoms. The molecule has 122 valence electrons. The lowest BCUT2D eigenvalue weighted by atomic mass is 10.0. The number of carbonyl (C=O) groups is 2. The van der Waals surface area contributed by atoms with Crippen LogP contribution in [-0.4, -0.2) is 33.0 Å². The molecule has 0 spiro atoms. The Bertz CT molecular complexity index is 777. The van der Waals surface area contributed by atoms with Crippen molar-refractivity contribution in [1.29, 1.82) is 0 Å². The van der Waals surface area contributed by atoms with Crippen molar-refractivity contribution in [1.82, 2.24) is 14.7 Å². The van der Waals surface area contributed by atoms with Crippen molar-refractivity contribution in [3.8, 4) is 0 Å². The minimum atomic E-state index is -0.503. The minimum absolute atomic E-state index is 0.0346. The van der Waals surface area contributed by atoms with Crippen molar-refractivity contribution in [2.75, 3.05) is 6.54 Å². The number of amides is 2. The fourth-order valence-electron chi connectivity index (χ4n) is 3.30. The fraction of sp³-hybridized carbons (Fsp3) is 0.438. The number of aryl methyl sites for hydroxylation is 2. The van der Waals surface area contributed by atoms with E-state index in [2.05, 4.69) is 5.10 Å². The minimum Gasteiger partial charge on any atom is -0.366 e. The Morgan fingerprint density at radius 2 is 2.13 bits per heavy atom. The summed E-state index contributed by atoms with van der Waals surface area (Å²) >= 11 is 1.27. The quantitative estimate of drug-likeness (QED) is 0.935. The zero-order valence-electron chi connectivity index (χ0n) is 13.5. The Morgan fingerprint density at radius 1 is 1.39 bits per heavy atom. The van der Waals surface area contributed by atoms with Gasteiger partial charge in [-0.05, 0) is 32.8 Å². The molecule has 2 N–H and O–H groups in total. The molecular formula is C16H20N4O2S. The van der Waals surface area contributed by atoms with Gasteiger partial charge in [-0.3, -0.25) is 14.3 Å². The van der Waals surface area contributed by atoms with Crippen LogP contribution in [0.2, 0.25) is 0 Å². The van der Waals surface area contributed by atoms with Crippen molar-refractivity contribution >= 4 is 23.2 Å². The standard InChI is InChI=1S/C16H20N4O2S/c1-9-14(10(2)19(3)18-9)12-5-4-6-20(12)16(22)13-7-11(8-23-13)15(17)21/h7-8,12H,4-6H2,1-3H3,(H2,17,21). The molecule has 1 saturated heterocycles. The van der Waals surface area contributed by atoms with Crippen LogP contribution in [0.15, 0.2) is 11.4 Å². The maximum Gasteiger partial charge on any atom is 0.264 e. The second kappa shape index (κ2) is 5.81. The Kier molecular flexibility index (Phi) is 3.97. The highest BCUT2D eigenvalue weighted by Crippen LogP contribution is 2.36. The lowest BCUT2D eigenvalue weighted by Crippen LogP contribution is -2.30. The number of hydrogen-bond donors (Lipinski definition) is 1. The van der Waals surface area contributed by atoms with Gasteiger partial charge in [0, 0.05) is 30.2 Å². The van der Waals surface area contributed by atoms with Gasteiger partial charge in [0.2, 0.25) is 5.91 Å². The summed E-state index contributed by atoms with van der Waals surface area (Å²) in [5.41, 5.74) is 8.87. The summed E-state index contributed by atoms with van der Waals surface area (Å²) < 4.78 is 1.86. The average molecular weight is 332 g/mol. The number of rotatable bonds is 3. The Labute approximate surface area is 138 Å². The van der Waals surface area contributed by atoms with Crippen LogP contribution in [0.4, 0.5) is 0 Å². The first-order valence-corrected chi connectivity index (χ1v) is 8.47. The van der Waals surface area contributed by atoms with E-state index in [9.17, 15) is 9.59 Å². The number of hydrogen-bond acceptors (Lipinski definition) is 4. The van der Waals surface area contributed by atoms with Crippen molar-refractivity contribution in [3.05, 3.63) is 38.8 Å². The summed E-state index contributed by atoms with van der Waals surface area (Å²) in [6, 6.07) is 1.64. The molecule has 1 aliphatic rings. The zero-order valence-corrected chi connectivity index (χ0v) is 14.3. The van der Waals surface area contributed by atoms with E-state index in [0.717, 1.165) is 36.3 Å². The van der Waals surface area contributed by atoms with Crippen LogP contribution in [0.1, 0.15) is 55.9 Å². The molecule has 1 aliphatic heterocycles. The number of aromatic nitrogens is 2. The lowest BCUT2D eigenvalue weighted by molar-refractivity contribution is 0.0740. The van der Waals surface area contributed by atoms with Crippen LogP contribution in [0.25, 0.3) is 0 Å². The van der Waals surface area contributed by atoms with Gasteiger partial charge in [0.1, 0.15) is 0 Å². The van der Waals surface area contributed by atoms with Crippen LogP contribution in [0, 0.1) is 13.8 Å². The number of likely N-dealkylation sites (tertiary alicyclic amines) is 1. The van der Waals surface area contributed by atoms with E-state index in [4.69, 9.17) is 5.73 Å². The number of primary amides is 1. The predicted molar refractivity (Wildman–Crippen MR) is 88.5 cm³/mol. The molecule has 1 fully saturated rings.